The molecule has 0 unspecified atom stereocenters. The highest BCUT2D eigenvalue weighted by molar-refractivity contribution is 6.33. The quantitative estimate of drug-likeness (QED) is 0.426. The van der Waals surface area contributed by atoms with Gasteiger partial charge in [0.05, 0.1) is 10.7 Å². The van der Waals surface area contributed by atoms with Crippen LogP contribution in [-0.4, -0.2) is 24.3 Å². The van der Waals surface area contributed by atoms with E-state index in [9.17, 15) is 18.8 Å². The van der Waals surface area contributed by atoms with Crippen LogP contribution in [0.2, 0.25) is 5.02 Å². The second-order valence-corrected chi connectivity index (χ2v) is 7.42. The lowest BCUT2D eigenvalue weighted by molar-refractivity contribution is -0.118. The number of benzene rings is 3. The summed E-state index contributed by atoms with van der Waals surface area (Å²) in [5, 5.41) is 3.88. The number of anilines is 2. The molecule has 1 saturated heterocycles. The molecule has 0 saturated carbocycles. The molecule has 1 heterocycles. The van der Waals surface area contributed by atoms with Gasteiger partial charge in [0.1, 0.15) is 17.1 Å². The zero-order chi connectivity index (χ0) is 23.4. The van der Waals surface area contributed by atoms with Gasteiger partial charge < -0.3 is 10.1 Å². The first-order valence-corrected chi connectivity index (χ1v) is 10.2. The molecule has 3 amide bonds. The number of para-hydroxylation sites is 1. The van der Waals surface area contributed by atoms with Gasteiger partial charge in [-0.25, -0.2) is 9.40 Å². The largest absolute Gasteiger partial charge is 0.482 e. The molecule has 7 nitrogen and oxygen atoms in total. The van der Waals surface area contributed by atoms with Crippen LogP contribution in [0.25, 0.3) is 6.08 Å². The minimum atomic E-state index is -0.533. The van der Waals surface area contributed by atoms with Crippen molar-refractivity contribution < 1.29 is 23.5 Å². The monoisotopic (exact) mass is 465 g/mol. The van der Waals surface area contributed by atoms with Crippen molar-refractivity contribution in [2.45, 2.75) is 0 Å². The van der Waals surface area contributed by atoms with Crippen molar-refractivity contribution in [3.63, 3.8) is 0 Å². The van der Waals surface area contributed by atoms with Crippen molar-refractivity contribution in [2.75, 3.05) is 16.9 Å². The van der Waals surface area contributed by atoms with Gasteiger partial charge in [0.25, 0.3) is 17.7 Å². The second-order valence-electron chi connectivity index (χ2n) is 7.01. The van der Waals surface area contributed by atoms with Gasteiger partial charge in [-0.3, -0.25) is 19.8 Å². The zero-order valence-corrected chi connectivity index (χ0v) is 17.8. The van der Waals surface area contributed by atoms with Crippen LogP contribution < -0.4 is 20.5 Å². The van der Waals surface area contributed by atoms with Gasteiger partial charge in [-0.05, 0) is 54.1 Å². The molecule has 0 aromatic heterocycles. The predicted molar refractivity (Wildman–Crippen MR) is 122 cm³/mol. The minimum absolute atomic E-state index is 0.0435. The number of hydrogen-bond donors (Lipinski definition) is 2. The van der Waals surface area contributed by atoms with Gasteiger partial charge >= 0.3 is 0 Å². The topological polar surface area (TPSA) is 87.7 Å². The third-order valence-corrected chi connectivity index (χ3v) is 4.94. The van der Waals surface area contributed by atoms with Crippen LogP contribution in [0.5, 0.6) is 5.75 Å². The molecule has 4 rings (SSSR count). The number of nitrogens with one attached hydrogen (secondary N) is 2. The summed E-state index contributed by atoms with van der Waals surface area (Å²) >= 11 is 6.25. The highest BCUT2D eigenvalue weighted by Crippen LogP contribution is 2.28. The first-order chi connectivity index (χ1) is 15.9. The summed E-state index contributed by atoms with van der Waals surface area (Å²) in [6.45, 7) is -0.344. The molecule has 3 aromatic rings. The molecule has 1 aliphatic heterocycles. The fourth-order valence-electron chi connectivity index (χ4n) is 3.11. The van der Waals surface area contributed by atoms with E-state index in [0.717, 1.165) is 0 Å². The Morgan fingerprint density at radius 1 is 1.06 bits per heavy atom. The van der Waals surface area contributed by atoms with E-state index in [1.165, 1.54) is 41.4 Å². The fraction of sp³-hybridized carbons (Fsp3) is 0.0417. The van der Waals surface area contributed by atoms with Gasteiger partial charge in [0, 0.05) is 5.69 Å². The molecule has 2 N–H and O–H groups in total. The van der Waals surface area contributed by atoms with Gasteiger partial charge in [-0.1, -0.05) is 41.9 Å². The first-order valence-electron chi connectivity index (χ1n) is 9.80. The fourth-order valence-corrected chi connectivity index (χ4v) is 3.36. The third kappa shape index (κ3) is 5.19. The maximum absolute atomic E-state index is 13.2. The standard InChI is InChI=1S/C24H17ClFN3O4/c25-20-12-15(11-19-23(31)28-29(24(19)32)18-7-2-1-3-8-18)9-10-21(20)33-14-22(30)27-17-6-4-5-16(26)13-17/h1-13H,14H2,(H,27,30)(H,28,31). The van der Waals surface area contributed by atoms with E-state index in [1.807, 2.05) is 0 Å². The van der Waals surface area contributed by atoms with E-state index in [-0.39, 0.29) is 23.0 Å². The van der Waals surface area contributed by atoms with Crippen LogP contribution in [0.3, 0.4) is 0 Å². The Morgan fingerprint density at radius 3 is 2.58 bits per heavy atom. The van der Waals surface area contributed by atoms with Gasteiger partial charge in [-0.15, -0.1) is 0 Å². The van der Waals surface area contributed by atoms with Crippen LogP contribution in [0.4, 0.5) is 15.8 Å². The normalized spacial score (nSPS) is 14.4. The molecule has 0 atom stereocenters. The highest BCUT2D eigenvalue weighted by atomic mass is 35.5. The first kappa shape index (κ1) is 22.0. The average Bonchev–Trinajstić information content (AvgIpc) is 3.07. The van der Waals surface area contributed by atoms with Crippen LogP contribution >= 0.6 is 11.6 Å². The van der Waals surface area contributed by atoms with E-state index in [2.05, 4.69) is 10.7 Å². The molecule has 0 spiro atoms. The van der Waals surface area contributed by atoms with Crippen LogP contribution in [0.1, 0.15) is 5.56 Å². The molecule has 33 heavy (non-hydrogen) atoms. The SMILES string of the molecule is O=C(COc1ccc(C=C2C(=O)NN(c3ccccc3)C2=O)cc1Cl)Nc1cccc(F)c1. The Hall–Kier alpha value is -4.17. The van der Waals surface area contributed by atoms with Crippen molar-refractivity contribution in [3.8, 4) is 5.75 Å². The molecule has 0 aliphatic carbocycles. The number of carbonyl (C=O) groups is 3. The Morgan fingerprint density at radius 2 is 1.85 bits per heavy atom. The van der Waals surface area contributed by atoms with Crippen LogP contribution in [0.15, 0.2) is 78.4 Å². The highest BCUT2D eigenvalue weighted by Gasteiger charge is 2.34. The number of amides is 3. The smallest absolute Gasteiger partial charge is 0.282 e. The average molecular weight is 466 g/mol. The lowest BCUT2D eigenvalue weighted by Crippen LogP contribution is -2.35. The van der Waals surface area contributed by atoms with Gasteiger partial charge in [0.15, 0.2) is 6.61 Å². The third-order valence-electron chi connectivity index (χ3n) is 4.64. The second kappa shape index (κ2) is 9.54. The van der Waals surface area contributed by atoms with Crippen molar-refractivity contribution >= 4 is 46.8 Å². The van der Waals surface area contributed by atoms with E-state index in [1.54, 1.807) is 42.5 Å². The Kier molecular flexibility index (Phi) is 6.37. The number of halogens is 2. The molecule has 3 aromatic carbocycles. The molecular formula is C24H17ClFN3O4. The number of hydrazine groups is 1. The molecule has 0 bridgehead atoms. The number of ether oxygens (including phenoxy) is 1. The lowest BCUT2D eigenvalue weighted by atomic mass is 10.1. The van der Waals surface area contributed by atoms with E-state index in [4.69, 9.17) is 16.3 Å². The molecule has 166 valence electrons. The summed E-state index contributed by atoms with van der Waals surface area (Å²) in [6.07, 6.45) is 1.42. The number of nitrogens with zero attached hydrogens (tertiary/aromatic N) is 1. The van der Waals surface area contributed by atoms with Crippen molar-refractivity contribution in [2.24, 2.45) is 0 Å². The minimum Gasteiger partial charge on any atom is -0.482 e. The van der Waals surface area contributed by atoms with Crippen molar-refractivity contribution in [1.82, 2.24) is 5.43 Å². The van der Waals surface area contributed by atoms with Gasteiger partial charge in [-0.2, -0.15) is 0 Å². The maximum atomic E-state index is 13.2. The van der Waals surface area contributed by atoms with E-state index in [0.29, 0.717) is 16.9 Å². The van der Waals surface area contributed by atoms with Crippen LogP contribution in [-0.2, 0) is 14.4 Å². The molecular weight excluding hydrogens is 449 g/mol. The predicted octanol–water partition coefficient (Wildman–Crippen LogP) is 3.96. The summed E-state index contributed by atoms with van der Waals surface area (Å²) in [7, 11) is 0. The Bertz CT molecular complexity index is 1260. The van der Waals surface area contributed by atoms with Crippen molar-refractivity contribution in [3.05, 3.63) is 94.8 Å². The summed E-state index contributed by atoms with van der Waals surface area (Å²) in [5.74, 6) is -1.74. The van der Waals surface area contributed by atoms with E-state index < -0.39 is 23.5 Å². The number of hydrogen-bond acceptors (Lipinski definition) is 4. The Balaban J connectivity index is 1.42. The number of carbonyl (C=O) groups excluding carboxylic acids is 3. The van der Waals surface area contributed by atoms with E-state index >= 15 is 0 Å². The van der Waals surface area contributed by atoms with Crippen LogP contribution in [0, 0.1) is 5.82 Å². The zero-order valence-electron chi connectivity index (χ0n) is 17.0. The lowest BCUT2D eigenvalue weighted by Gasteiger charge is -2.13. The summed E-state index contributed by atoms with van der Waals surface area (Å²) in [5.41, 5.74) is 3.83. The molecule has 0 radical (unpaired) electrons. The van der Waals surface area contributed by atoms with Crippen molar-refractivity contribution in [1.29, 1.82) is 0 Å². The molecule has 9 heteroatoms. The summed E-state index contributed by atoms with van der Waals surface area (Å²) in [4.78, 5) is 37.0. The Labute approximate surface area is 193 Å². The van der Waals surface area contributed by atoms with Gasteiger partial charge in [0.2, 0.25) is 0 Å². The number of rotatable bonds is 6. The molecule has 1 aliphatic rings. The summed E-state index contributed by atoms with van der Waals surface area (Å²) in [6, 6.07) is 18.8. The maximum Gasteiger partial charge on any atom is 0.282 e. The summed E-state index contributed by atoms with van der Waals surface area (Å²) < 4.78 is 18.6. The molecule has 1 fully saturated rings.